The van der Waals surface area contributed by atoms with Crippen LogP contribution in [0.4, 0.5) is 10.2 Å². The highest BCUT2D eigenvalue weighted by molar-refractivity contribution is 6.30. The summed E-state index contributed by atoms with van der Waals surface area (Å²) >= 11 is 5.80. The zero-order valence-electron chi connectivity index (χ0n) is 9.65. The number of nitrogen functional groups attached to an aromatic ring is 1. The third-order valence-electron chi connectivity index (χ3n) is 2.22. The van der Waals surface area contributed by atoms with Gasteiger partial charge in [0.25, 0.3) is 0 Å². The number of hydrogen-bond acceptors (Lipinski definition) is 4. The van der Waals surface area contributed by atoms with Gasteiger partial charge in [0, 0.05) is 23.8 Å². The van der Waals surface area contributed by atoms with Crippen molar-refractivity contribution in [2.45, 2.75) is 6.61 Å². The molecule has 1 aromatic heterocycles. The molecular weight excluding hydrogens is 257 g/mol. The van der Waals surface area contributed by atoms with Gasteiger partial charge in [0.2, 0.25) is 0 Å². The summed E-state index contributed by atoms with van der Waals surface area (Å²) in [5.41, 5.74) is 6.73. The van der Waals surface area contributed by atoms with Gasteiger partial charge in [0.05, 0.1) is 5.69 Å². The van der Waals surface area contributed by atoms with Crippen LogP contribution in [0.15, 0.2) is 24.3 Å². The maximum absolute atomic E-state index is 13.3. The highest BCUT2D eigenvalue weighted by Crippen LogP contribution is 2.24. The number of methoxy groups -OCH3 is 1. The van der Waals surface area contributed by atoms with Gasteiger partial charge in [-0.1, -0.05) is 11.6 Å². The molecule has 0 amide bonds. The van der Waals surface area contributed by atoms with E-state index in [-0.39, 0.29) is 6.61 Å². The Morgan fingerprint density at radius 3 is 2.72 bits per heavy atom. The minimum absolute atomic E-state index is 0.237. The highest BCUT2D eigenvalue weighted by Gasteiger charge is 2.07. The van der Waals surface area contributed by atoms with Crippen molar-refractivity contribution in [3.05, 3.63) is 40.9 Å². The monoisotopic (exact) mass is 267 g/mol. The standard InChI is InChI=1S/C12H11ClFN3O/c1-18-6-12-16-10(5-11(15)17-12)7-2-8(13)4-9(14)3-7/h2-5H,6H2,1H3,(H2,15,16,17). The predicted octanol–water partition coefficient (Wildman–Crippen LogP) is 2.66. The van der Waals surface area contributed by atoms with Crippen LogP contribution in [0.5, 0.6) is 0 Å². The van der Waals surface area contributed by atoms with Crippen LogP contribution >= 0.6 is 11.6 Å². The van der Waals surface area contributed by atoms with Crippen LogP contribution in [0.2, 0.25) is 5.02 Å². The molecule has 0 aliphatic heterocycles. The number of aromatic nitrogens is 2. The molecule has 1 heterocycles. The molecule has 0 saturated carbocycles. The molecule has 2 aromatic rings. The zero-order chi connectivity index (χ0) is 13.1. The molecule has 0 aliphatic rings. The van der Waals surface area contributed by atoms with Gasteiger partial charge in [0.15, 0.2) is 5.82 Å². The molecule has 0 atom stereocenters. The van der Waals surface area contributed by atoms with E-state index in [0.717, 1.165) is 0 Å². The third-order valence-corrected chi connectivity index (χ3v) is 2.44. The van der Waals surface area contributed by atoms with Crippen molar-refractivity contribution in [1.29, 1.82) is 0 Å². The van der Waals surface area contributed by atoms with Crippen molar-refractivity contribution in [2.75, 3.05) is 12.8 Å². The first kappa shape index (κ1) is 12.7. The number of ether oxygens (including phenoxy) is 1. The normalized spacial score (nSPS) is 10.6. The van der Waals surface area contributed by atoms with Crippen LogP contribution in [-0.2, 0) is 11.3 Å². The SMILES string of the molecule is COCc1nc(N)cc(-c2cc(F)cc(Cl)c2)n1. The van der Waals surface area contributed by atoms with Gasteiger partial charge in [-0.25, -0.2) is 14.4 Å². The number of hydrogen-bond donors (Lipinski definition) is 1. The molecule has 1 aromatic carbocycles. The quantitative estimate of drug-likeness (QED) is 0.929. The molecule has 0 bridgehead atoms. The number of benzene rings is 1. The molecule has 0 aliphatic carbocycles. The van der Waals surface area contributed by atoms with Gasteiger partial charge in [-0.15, -0.1) is 0 Å². The molecule has 6 heteroatoms. The van der Waals surface area contributed by atoms with E-state index < -0.39 is 5.82 Å². The summed E-state index contributed by atoms with van der Waals surface area (Å²) in [4.78, 5) is 8.24. The molecule has 18 heavy (non-hydrogen) atoms. The van der Waals surface area contributed by atoms with Gasteiger partial charge in [-0.2, -0.15) is 0 Å². The Hall–Kier alpha value is -1.72. The Labute approximate surface area is 109 Å². The van der Waals surface area contributed by atoms with Gasteiger partial charge in [-0.3, -0.25) is 0 Å². The summed E-state index contributed by atoms with van der Waals surface area (Å²) in [6.07, 6.45) is 0. The Morgan fingerprint density at radius 2 is 2.06 bits per heavy atom. The summed E-state index contributed by atoms with van der Waals surface area (Å²) in [5, 5.41) is 0.301. The van der Waals surface area contributed by atoms with Crippen LogP contribution in [0, 0.1) is 5.82 Å². The number of nitrogens with zero attached hydrogens (tertiary/aromatic N) is 2. The summed E-state index contributed by atoms with van der Waals surface area (Å²) in [5.74, 6) is 0.309. The number of halogens is 2. The average Bonchev–Trinajstić information content (AvgIpc) is 2.27. The van der Waals surface area contributed by atoms with Crippen molar-refractivity contribution in [2.24, 2.45) is 0 Å². The lowest BCUT2D eigenvalue weighted by molar-refractivity contribution is 0.178. The minimum atomic E-state index is -0.428. The lowest BCUT2D eigenvalue weighted by Crippen LogP contribution is -2.02. The van der Waals surface area contributed by atoms with Gasteiger partial charge < -0.3 is 10.5 Å². The van der Waals surface area contributed by atoms with Gasteiger partial charge >= 0.3 is 0 Å². The van der Waals surface area contributed by atoms with E-state index in [1.807, 2.05) is 0 Å². The average molecular weight is 268 g/mol. The Kier molecular flexibility index (Phi) is 3.74. The first-order valence-electron chi connectivity index (χ1n) is 5.17. The van der Waals surface area contributed by atoms with Crippen molar-refractivity contribution in [3.8, 4) is 11.3 Å². The van der Waals surface area contributed by atoms with Gasteiger partial charge in [0.1, 0.15) is 18.2 Å². The van der Waals surface area contributed by atoms with E-state index in [0.29, 0.717) is 27.9 Å². The predicted molar refractivity (Wildman–Crippen MR) is 67.6 cm³/mol. The third kappa shape index (κ3) is 2.94. The lowest BCUT2D eigenvalue weighted by atomic mass is 10.1. The van der Waals surface area contributed by atoms with Gasteiger partial charge in [-0.05, 0) is 18.2 Å². The molecular formula is C12H11ClFN3O. The molecule has 0 fully saturated rings. The van der Waals surface area contributed by atoms with Crippen molar-refractivity contribution >= 4 is 17.4 Å². The topological polar surface area (TPSA) is 61.0 Å². The molecule has 2 rings (SSSR count). The fourth-order valence-corrected chi connectivity index (χ4v) is 1.78. The smallest absolute Gasteiger partial charge is 0.157 e. The lowest BCUT2D eigenvalue weighted by Gasteiger charge is -2.06. The number of nitrogens with two attached hydrogens (primary N) is 1. The summed E-state index contributed by atoms with van der Waals surface area (Å²) in [7, 11) is 1.53. The van der Waals surface area contributed by atoms with Crippen LogP contribution in [0.1, 0.15) is 5.82 Å². The fourth-order valence-electron chi connectivity index (χ4n) is 1.56. The maximum Gasteiger partial charge on any atom is 0.157 e. The van der Waals surface area contributed by atoms with Crippen LogP contribution < -0.4 is 5.73 Å². The van der Waals surface area contributed by atoms with E-state index in [2.05, 4.69) is 9.97 Å². The van der Waals surface area contributed by atoms with E-state index in [1.165, 1.54) is 19.2 Å². The minimum Gasteiger partial charge on any atom is -0.384 e. The van der Waals surface area contributed by atoms with E-state index in [1.54, 1.807) is 12.1 Å². The Bertz CT molecular complexity index is 557. The molecule has 0 unspecified atom stereocenters. The summed E-state index contributed by atoms with van der Waals surface area (Å²) < 4.78 is 18.2. The second-order valence-corrected chi connectivity index (χ2v) is 4.12. The summed E-state index contributed by atoms with van der Waals surface area (Å²) in [6, 6.07) is 5.74. The van der Waals surface area contributed by atoms with E-state index in [9.17, 15) is 4.39 Å². The Morgan fingerprint density at radius 1 is 1.28 bits per heavy atom. The molecule has 0 radical (unpaired) electrons. The molecule has 4 nitrogen and oxygen atoms in total. The fraction of sp³-hybridized carbons (Fsp3) is 0.167. The second-order valence-electron chi connectivity index (χ2n) is 3.69. The molecule has 94 valence electrons. The highest BCUT2D eigenvalue weighted by atomic mass is 35.5. The Balaban J connectivity index is 2.49. The van der Waals surface area contributed by atoms with Crippen LogP contribution in [0.25, 0.3) is 11.3 Å². The van der Waals surface area contributed by atoms with Crippen molar-refractivity contribution in [1.82, 2.24) is 9.97 Å². The van der Waals surface area contributed by atoms with Crippen LogP contribution in [-0.4, -0.2) is 17.1 Å². The largest absolute Gasteiger partial charge is 0.384 e. The number of rotatable bonds is 3. The van der Waals surface area contributed by atoms with Crippen molar-refractivity contribution in [3.63, 3.8) is 0 Å². The van der Waals surface area contributed by atoms with E-state index >= 15 is 0 Å². The maximum atomic E-state index is 13.3. The first-order chi connectivity index (χ1) is 8.58. The number of anilines is 1. The van der Waals surface area contributed by atoms with Crippen LogP contribution in [0.3, 0.4) is 0 Å². The first-order valence-corrected chi connectivity index (χ1v) is 5.55. The summed E-state index contributed by atoms with van der Waals surface area (Å²) in [6.45, 7) is 0.237. The molecule has 2 N–H and O–H groups in total. The van der Waals surface area contributed by atoms with Crippen molar-refractivity contribution < 1.29 is 9.13 Å². The van der Waals surface area contributed by atoms with E-state index in [4.69, 9.17) is 22.1 Å². The zero-order valence-corrected chi connectivity index (χ0v) is 10.4. The second kappa shape index (κ2) is 5.29. The molecule has 0 spiro atoms. The molecule has 0 saturated heterocycles.